The maximum Gasteiger partial charge on any atom is 0.351 e. The van der Waals surface area contributed by atoms with Crippen molar-refractivity contribution in [2.45, 2.75) is 18.7 Å². The summed E-state index contributed by atoms with van der Waals surface area (Å²) in [6, 6.07) is 18.2. The van der Waals surface area contributed by atoms with E-state index in [9.17, 15) is 4.57 Å². The molecule has 0 fully saturated rings. The second-order valence-corrected chi connectivity index (χ2v) is 8.35. The zero-order valence-corrected chi connectivity index (χ0v) is 15.6. The van der Waals surface area contributed by atoms with E-state index in [2.05, 4.69) is 29.2 Å². The molecule has 0 amide bonds. The molecule has 0 bridgehead atoms. The Morgan fingerprint density at radius 2 is 1.72 bits per heavy atom. The van der Waals surface area contributed by atoms with Gasteiger partial charge in [0.2, 0.25) is 0 Å². The van der Waals surface area contributed by atoms with E-state index in [0.29, 0.717) is 6.54 Å². The first kappa shape index (κ1) is 18.1. The lowest BCUT2D eigenvalue weighted by Crippen LogP contribution is -2.31. The van der Waals surface area contributed by atoms with Gasteiger partial charge in [-0.1, -0.05) is 66.7 Å². The average molecular weight is 357 g/mol. The molecule has 0 saturated heterocycles. The van der Waals surface area contributed by atoms with Crippen LogP contribution in [-0.2, 0) is 20.2 Å². The molecule has 1 heterocycles. The van der Waals surface area contributed by atoms with Crippen LogP contribution in [-0.4, -0.2) is 25.7 Å². The maximum absolute atomic E-state index is 13.4. The van der Waals surface area contributed by atoms with Gasteiger partial charge < -0.3 is 9.05 Å². The number of hydrogen-bond acceptors (Lipinski definition) is 4. The minimum absolute atomic E-state index is 0.441. The lowest BCUT2D eigenvalue weighted by molar-refractivity contribution is 0.184. The van der Waals surface area contributed by atoms with Gasteiger partial charge in [-0.3, -0.25) is 9.46 Å². The van der Waals surface area contributed by atoms with E-state index in [0.717, 1.165) is 24.1 Å². The number of fused-ring (bicyclic) bond motifs is 1. The summed E-state index contributed by atoms with van der Waals surface area (Å²) in [5.41, 5.74) is 3.20. The lowest BCUT2D eigenvalue weighted by Gasteiger charge is -2.36. The van der Waals surface area contributed by atoms with Gasteiger partial charge in [0, 0.05) is 27.3 Å². The van der Waals surface area contributed by atoms with E-state index in [-0.39, 0.29) is 0 Å². The summed E-state index contributed by atoms with van der Waals surface area (Å²) in [5, 5.41) is 0. The first-order valence-corrected chi connectivity index (χ1v) is 10.0. The van der Waals surface area contributed by atoms with Gasteiger partial charge in [-0.15, -0.1) is 0 Å². The fraction of sp³-hybridized carbons (Fsp3) is 0.300. The molecule has 1 atom stereocenters. The van der Waals surface area contributed by atoms with Crippen LogP contribution in [0.3, 0.4) is 0 Å². The van der Waals surface area contributed by atoms with Gasteiger partial charge in [0.15, 0.2) is 0 Å². The predicted molar refractivity (Wildman–Crippen MR) is 101 cm³/mol. The van der Waals surface area contributed by atoms with Crippen molar-refractivity contribution in [3.63, 3.8) is 0 Å². The second-order valence-electron chi connectivity index (χ2n) is 6.05. The van der Waals surface area contributed by atoms with Crippen LogP contribution in [0.4, 0.5) is 0 Å². The summed E-state index contributed by atoms with van der Waals surface area (Å²) in [6.45, 7) is 1.46. The summed E-state index contributed by atoms with van der Waals surface area (Å²) in [5.74, 6) is -0.441. The first-order valence-electron chi connectivity index (χ1n) is 8.42. The highest BCUT2D eigenvalue weighted by molar-refractivity contribution is 7.54. The number of hydrogen-bond donors (Lipinski definition) is 0. The van der Waals surface area contributed by atoms with Crippen molar-refractivity contribution in [3.8, 4) is 0 Å². The Morgan fingerprint density at radius 1 is 1.04 bits per heavy atom. The first-order chi connectivity index (χ1) is 12.2. The van der Waals surface area contributed by atoms with Crippen LogP contribution in [0.25, 0.3) is 6.08 Å². The summed E-state index contributed by atoms with van der Waals surface area (Å²) in [6.07, 6.45) is 5.14. The van der Waals surface area contributed by atoms with E-state index >= 15 is 0 Å². The van der Waals surface area contributed by atoms with Gasteiger partial charge in [-0.25, -0.2) is 0 Å². The van der Waals surface area contributed by atoms with Crippen molar-refractivity contribution in [3.05, 3.63) is 77.4 Å². The van der Waals surface area contributed by atoms with Crippen LogP contribution in [0.1, 0.15) is 28.9 Å². The van der Waals surface area contributed by atoms with Crippen molar-refractivity contribution in [1.82, 2.24) is 4.90 Å². The van der Waals surface area contributed by atoms with Crippen molar-refractivity contribution < 1.29 is 13.6 Å². The Morgan fingerprint density at radius 3 is 2.44 bits per heavy atom. The topological polar surface area (TPSA) is 38.8 Å². The third-order valence-electron chi connectivity index (χ3n) is 4.54. The number of nitrogens with zero attached hydrogens (tertiary/aromatic N) is 1. The van der Waals surface area contributed by atoms with Gasteiger partial charge in [0.25, 0.3) is 0 Å². The van der Waals surface area contributed by atoms with Gasteiger partial charge >= 0.3 is 7.60 Å². The Hall–Kier alpha value is -1.71. The highest BCUT2D eigenvalue weighted by Crippen LogP contribution is 2.62. The van der Waals surface area contributed by atoms with E-state index in [1.54, 1.807) is 0 Å². The summed E-state index contributed by atoms with van der Waals surface area (Å²) in [4.78, 5) is 2.20. The minimum atomic E-state index is -3.34. The van der Waals surface area contributed by atoms with Crippen LogP contribution < -0.4 is 0 Å². The molecule has 5 heteroatoms. The number of benzene rings is 2. The third-order valence-corrected chi connectivity index (χ3v) is 6.76. The molecule has 3 rings (SSSR count). The zero-order valence-electron chi connectivity index (χ0n) is 14.7. The minimum Gasteiger partial charge on any atom is -0.311 e. The molecular weight excluding hydrogens is 333 g/mol. The maximum atomic E-state index is 13.4. The van der Waals surface area contributed by atoms with Crippen LogP contribution in [0, 0.1) is 0 Å². The molecule has 0 radical (unpaired) electrons. The van der Waals surface area contributed by atoms with Crippen molar-refractivity contribution >= 4 is 13.7 Å². The molecule has 1 aliphatic rings. The molecule has 0 saturated carbocycles. The molecule has 0 aliphatic carbocycles. The fourth-order valence-corrected chi connectivity index (χ4v) is 5.02. The molecule has 25 heavy (non-hydrogen) atoms. The van der Waals surface area contributed by atoms with Gasteiger partial charge in [-0.2, -0.15) is 0 Å². The van der Waals surface area contributed by atoms with Gasteiger partial charge in [0.05, 0.1) is 0 Å². The molecular formula is C20H24NO3P. The van der Waals surface area contributed by atoms with E-state index in [1.165, 1.54) is 19.8 Å². The molecule has 0 aromatic heterocycles. The Labute approximate surface area is 149 Å². The summed E-state index contributed by atoms with van der Waals surface area (Å²) in [7, 11) is -0.416. The normalized spacial score (nSPS) is 19.7. The third kappa shape index (κ3) is 3.94. The highest BCUT2D eigenvalue weighted by atomic mass is 31.2. The summed E-state index contributed by atoms with van der Waals surface area (Å²) < 4.78 is 24.3. The van der Waals surface area contributed by atoms with Crippen LogP contribution in [0.5, 0.6) is 0 Å². The molecule has 0 spiro atoms. The monoisotopic (exact) mass is 357 g/mol. The lowest BCUT2D eigenvalue weighted by atomic mass is 10.0. The smallest absolute Gasteiger partial charge is 0.311 e. The number of rotatable bonds is 5. The molecule has 4 nitrogen and oxygen atoms in total. The second kappa shape index (κ2) is 8.11. The van der Waals surface area contributed by atoms with Crippen LogP contribution in [0.15, 0.2) is 60.7 Å². The summed E-state index contributed by atoms with van der Waals surface area (Å²) >= 11 is 0. The van der Waals surface area contributed by atoms with Gasteiger partial charge in [0.1, 0.15) is 5.78 Å². The molecule has 1 unspecified atom stereocenters. The SMILES string of the molecule is COP(=O)(OC)C1c2ccccc2/C=C\CCN1Cc1ccccc1. The quantitative estimate of drug-likeness (QED) is 0.699. The molecule has 1 aliphatic heterocycles. The van der Waals surface area contributed by atoms with Crippen molar-refractivity contribution in [2.24, 2.45) is 0 Å². The Bertz CT molecular complexity index is 768. The van der Waals surface area contributed by atoms with Crippen LogP contribution in [0.2, 0.25) is 0 Å². The zero-order chi connectivity index (χ0) is 17.7. The van der Waals surface area contributed by atoms with Crippen LogP contribution >= 0.6 is 7.60 Å². The van der Waals surface area contributed by atoms with E-state index in [4.69, 9.17) is 9.05 Å². The largest absolute Gasteiger partial charge is 0.351 e. The fourth-order valence-electron chi connectivity index (χ4n) is 3.30. The van der Waals surface area contributed by atoms with Crippen molar-refractivity contribution in [2.75, 3.05) is 20.8 Å². The van der Waals surface area contributed by atoms with Gasteiger partial charge in [-0.05, 0) is 23.1 Å². The predicted octanol–water partition coefficient (Wildman–Crippen LogP) is 5.09. The average Bonchev–Trinajstić information content (AvgIpc) is 2.65. The highest BCUT2D eigenvalue weighted by Gasteiger charge is 2.41. The van der Waals surface area contributed by atoms with E-state index in [1.807, 2.05) is 42.5 Å². The molecule has 0 N–H and O–H groups in total. The Balaban J connectivity index is 2.08. The van der Waals surface area contributed by atoms with E-state index < -0.39 is 13.4 Å². The standard InChI is InChI=1S/C20H24NO3P/c1-23-25(22,24-2)20-19-14-7-6-12-18(19)13-8-9-15-21(20)16-17-10-4-3-5-11-17/h3-8,10-14,20H,9,15-16H2,1-2H3/b13-8-. The van der Waals surface area contributed by atoms with Crippen molar-refractivity contribution in [1.29, 1.82) is 0 Å². The molecule has 2 aromatic rings. The Kier molecular flexibility index (Phi) is 5.87. The molecule has 132 valence electrons. The molecule has 2 aromatic carbocycles.